The van der Waals surface area contributed by atoms with Gasteiger partial charge < -0.3 is 15.0 Å². The molecule has 0 saturated carbocycles. The maximum Gasteiger partial charge on any atom is 0.341 e. The van der Waals surface area contributed by atoms with Gasteiger partial charge in [0.25, 0.3) is 0 Å². The SMILES string of the molecule is O=C(O)c1c[nH]c2ccc(S(=O)(=O)N3CCN(c4ccccn4)CC3)cc2c1=O. The summed E-state index contributed by atoms with van der Waals surface area (Å²) >= 11 is 0. The summed E-state index contributed by atoms with van der Waals surface area (Å²) in [5, 5.41) is 9.15. The summed E-state index contributed by atoms with van der Waals surface area (Å²) in [6.45, 7) is 1.55. The number of nitrogens with one attached hydrogen (secondary N) is 1. The van der Waals surface area contributed by atoms with Crippen molar-refractivity contribution in [2.24, 2.45) is 0 Å². The van der Waals surface area contributed by atoms with E-state index in [2.05, 4.69) is 9.97 Å². The third-order valence-corrected chi connectivity index (χ3v) is 6.83. The monoisotopic (exact) mass is 414 g/mol. The molecular weight excluding hydrogens is 396 g/mol. The van der Waals surface area contributed by atoms with Crippen molar-refractivity contribution >= 4 is 32.7 Å². The maximum atomic E-state index is 13.1. The maximum absolute atomic E-state index is 13.1. The number of anilines is 1. The van der Waals surface area contributed by atoms with Crippen molar-refractivity contribution in [3.8, 4) is 0 Å². The van der Waals surface area contributed by atoms with Crippen LogP contribution in [0.25, 0.3) is 10.9 Å². The molecule has 29 heavy (non-hydrogen) atoms. The van der Waals surface area contributed by atoms with Crippen molar-refractivity contribution in [1.82, 2.24) is 14.3 Å². The van der Waals surface area contributed by atoms with Gasteiger partial charge in [-0.15, -0.1) is 0 Å². The number of carboxylic acids is 1. The van der Waals surface area contributed by atoms with Crippen LogP contribution >= 0.6 is 0 Å². The fourth-order valence-corrected chi connectivity index (χ4v) is 4.81. The van der Waals surface area contributed by atoms with Gasteiger partial charge in [0.15, 0.2) is 0 Å². The first-order valence-corrected chi connectivity index (χ1v) is 10.4. The molecule has 1 fully saturated rings. The number of carboxylic acid groups (broad SMARTS) is 1. The molecule has 2 N–H and O–H groups in total. The van der Waals surface area contributed by atoms with Gasteiger partial charge in [0.1, 0.15) is 11.4 Å². The summed E-state index contributed by atoms with van der Waals surface area (Å²) < 4.78 is 27.5. The summed E-state index contributed by atoms with van der Waals surface area (Å²) in [6.07, 6.45) is 2.80. The van der Waals surface area contributed by atoms with E-state index in [4.69, 9.17) is 5.11 Å². The third kappa shape index (κ3) is 3.47. The number of nitrogens with zero attached hydrogens (tertiary/aromatic N) is 3. The number of carbonyl (C=O) groups is 1. The van der Waals surface area contributed by atoms with E-state index >= 15 is 0 Å². The van der Waals surface area contributed by atoms with E-state index in [1.54, 1.807) is 6.20 Å². The van der Waals surface area contributed by atoms with Crippen molar-refractivity contribution in [1.29, 1.82) is 0 Å². The Balaban J connectivity index is 1.62. The van der Waals surface area contributed by atoms with E-state index in [0.717, 1.165) is 12.0 Å². The first kappa shape index (κ1) is 19.1. The molecule has 9 nitrogen and oxygen atoms in total. The van der Waals surface area contributed by atoms with Crippen LogP contribution < -0.4 is 10.3 Å². The second-order valence-electron chi connectivity index (χ2n) is 6.62. The number of benzene rings is 1. The van der Waals surface area contributed by atoms with Gasteiger partial charge >= 0.3 is 5.97 Å². The van der Waals surface area contributed by atoms with E-state index in [9.17, 15) is 18.0 Å². The van der Waals surface area contributed by atoms with Crippen LogP contribution in [-0.4, -0.2) is 59.9 Å². The number of rotatable bonds is 4. The number of piperazine rings is 1. The van der Waals surface area contributed by atoms with Crippen LogP contribution in [0.15, 0.2) is 58.5 Å². The molecule has 0 spiro atoms. The topological polar surface area (TPSA) is 124 Å². The van der Waals surface area contributed by atoms with Crippen molar-refractivity contribution in [2.45, 2.75) is 4.90 Å². The van der Waals surface area contributed by atoms with E-state index in [0.29, 0.717) is 18.6 Å². The summed E-state index contributed by atoms with van der Waals surface area (Å²) in [6, 6.07) is 9.70. The largest absolute Gasteiger partial charge is 0.477 e. The molecule has 4 rings (SSSR count). The lowest BCUT2D eigenvalue weighted by atomic mass is 10.1. The zero-order chi connectivity index (χ0) is 20.6. The Bertz CT molecular complexity index is 1230. The van der Waals surface area contributed by atoms with Crippen LogP contribution in [0.3, 0.4) is 0 Å². The highest BCUT2D eigenvalue weighted by atomic mass is 32.2. The first-order chi connectivity index (χ1) is 13.9. The van der Waals surface area contributed by atoms with Crippen LogP contribution in [-0.2, 0) is 10.0 Å². The summed E-state index contributed by atoms with van der Waals surface area (Å²) in [4.78, 5) is 32.6. The second kappa shape index (κ2) is 7.30. The van der Waals surface area contributed by atoms with Crippen LogP contribution in [0.1, 0.15) is 10.4 Å². The highest BCUT2D eigenvalue weighted by Gasteiger charge is 2.29. The third-order valence-electron chi connectivity index (χ3n) is 4.93. The quantitative estimate of drug-likeness (QED) is 0.656. The zero-order valence-corrected chi connectivity index (χ0v) is 16.1. The number of H-pyrrole nitrogens is 1. The summed E-state index contributed by atoms with van der Waals surface area (Å²) in [5.74, 6) is -0.574. The Morgan fingerprint density at radius 1 is 1.10 bits per heavy atom. The predicted molar refractivity (Wildman–Crippen MR) is 107 cm³/mol. The van der Waals surface area contributed by atoms with Gasteiger partial charge in [0.2, 0.25) is 15.5 Å². The number of aromatic carboxylic acids is 1. The lowest BCUT2D eigenvalue weighted by molar-refractivity contribution is 0.0695. The second-order valence-corrected chi connectivity index (χ2v) is 8.56. The van der Waals surface area contributed by atoms with Crippen molar-refractivity contribution in [3.63, 3.8) is 0 Å². The van der Waals surface area contributed by atoms with Crippen LogP contribution in [0, 0.1) is 0 Å². The van der Waals surface area contributed by atoms with Crippen molar-refractivity contribution in [3.05, 3.63) is 64.6 Å². The fourth-order valence-electron chi connectivity index (χ4n) is 3.36. The highest BCUT2D eigenvalue weighted by Crippen LogP contribution is 2.22. The standard InChI is InChI=1S/C19H18N4O5S/c24-18-14-11-13(4-5-16(14)21-12-15(18)19(25)26)29(27,28)23-9-7-22(8-10-23)17-3-1-2-6-20-17/h1-6,11-12H,7-10H2,(H,21,24)(H,25,26). The number of aromatic amines is 1. The summed E-state index contributed by atoms with van der Waals surface area (Å²) in [7, 11) is -3.82. The Hall–Kier alpha value is -3.24. The Morgan fingerprint density at radius 2 is 1.86 bits per heavy atom. The van der Waals surface area contributed by atoms with Gasteiger partial charge in [-0.25, -0.2) is 18.2 Å². The van der Waals surface area contributed by atoms with Gasteiger partial charge in [0, 0.05) is 49.5 Å². The number of fused-ring (bicyclic) bond motifs is 1. The number of sulfonamides is 1. The Kier molecular flexibility index (Phi) is 4.81. The van der Waals surface area contributed by atoms with E-state index < -0.39 is 27.0 Å². The molecule has 0 atom stereocenters. The Morgan fingerprint density at radius 3 is 2.52 bits per heavy atom. The normalized spacial score (nSPS) is 15.5. The van der Waals surface area contributed by atoms with Crippen LogP contribution in [0.2, 0.25) is 0 Å². The van der Waals surface area contributed by atoms with E-state index in [1.165, 1.54) is 22.5 Å². The molecule has 1 aliphatic heterocycles. The van der Waals surface area contributed by atoms with Crippen LogP contribution in [0.4, 0.5) is 5.82 Å². The molecule has 2 aromatic heterocycles. The Labute approximate surface area is 166 Å². The number of hydrogen-bond donors (Lipinski definition) is 2. The van der Waals surface area contributed by atoms with E-state index in [1.807, 2.05) is 23.1 Å². The minimum atomic E-state index is -3.82. The molecule has 0 amide bonds. The van der Waals surface area contributed by atoms with Crippen LogP contribution in [0.5, 0.6) is 0 Å². The van der Waals surface area contributed by atoms with Crippen molar-refractivity contribution in [2.75, 3.05) is 31.1 Å². The molecule has 0 unspecified atom stereocenters. The molecule has 1 saturated heterocycles. The summed E-state index contributed by atoms with van der Waals surface area (Å²) in [5.41, 5.74) is -0.779. The molecule has 3 heterocycles. The zero-order valence-electron chi connectivity index (χ0n) is 15.3. The first-order valence-electron chi connectivity index (χ1n) is 8.93. The van der Waals surface area contributed by atoms with Gasteiger partial charge in [-0.2, -0.15) is 4.31 Å². The van der Waals surface area contributed by atoms with Gasteiger partial charge in [0.05, 0.1) is 4.90 Å². The van der Waals surface area contributed by atoms with E-state index in [-0.39, 0.29) is 23.4 Å². The lowest BCUT2D eigenvalue weighted by Crippen LogP contribution is -2.48. The average Bonchev–Trinajstić information content (AvgIpc) is 2.74. The molecule has 0 radical (unpaired) electrons. The smallest absolute Gasteiger partial charge is 0.341 e. The van der Waals surface area contributed by atoms with Gasteiger partial charge in [-0.05, 0) is 30.3 Å². The van der Waals surface area contributed by atoms with Gasteiger partial charge in [-0.3, -0.25) is 4.79 Å². The highest BCUT2D eigenvalue weighted by molar-refractivity contribution is 7.89. The number of hydrogen-bond acceptors (Lipinski definition) is 6. The molecule has 1 aromatic carbocycles. The average molecular weight is 414 g/mol. The minimum absolute atomic E-state index is 0.0260. The van der Waals surface area contributed by atoms with Crippen molar-refractivity contribution < 1.29 is 18.3 Å². The lowest BCUT2D eigenvalue weighted by Gasteiger charge is -2.34. The molecule has 10 heteroatoms. The number of aromatic nitrogens is 2. The molecule has 150 valence electrons. The fraction of sp³-hybridized carbons (Fsp3) is 0.211. The molecular formula is C19H18N4O5S. The van der Waals surface area contributed by atoms with Gasteiger partial charge in [-0.1, -0.05) is 6.07 Å². The predicted octanol–water partition coefficient (Wildman–Crippen LogP) is 1.13. The molecule has 0 aliphatic carbocycles. The minimum Gasteiger partial charge on any atom is -0.477 e. The number of pyridine rings is 2. The molecule has 1 aliphatic rings. The molecule has 3 aromatic rings. The molecule has 0 bridgehead atoms.